The van der Waals surface area contributed by atoms with Crippen LogP contribution in [-0.4, -0.2) is 19.6 Å². The Labute approximate surface area is 141 Å². The van der Waals surface area contributed by atoms with Gasteiger partial charge in [-0.25, -0.2) is 4.39 Å². The van der Waals surface area contributed by atoms with Crippen molar-refractivity contribution in [3.8, 4) is 11.5 Å². The van der Waals surface area contributed by atoms with E-state index in [1.165, 1.54) is 12.1 Å². The van der Waals surface area contributed by atoms with Crippen molar-refractivity contribution >= 4 is 27.5 Å². The predicted octanol–water partition coefficient (Wildman–Crippen LogP) is 3.79. The van der Waals surface area contributed by atoms with Crippen LogP contribution >= 0.6 is 15.9 Å². The van der Waals surface area contributed by atoms with E-state index in [0.29, 0.717) is 16.6 Å². The largest absolute Gasteiger partial charge is 0.497 e. The molecule has 1 amide bonds. The molecule has 1 N–H and O–H groups in total. The van der Waals surface area contributed by atoms with Crippen LogP contribution in [-0.2, 0) is 11.2 Å². The van der Waals surface area contributed by atoms with E-state index in [-0.39, 0.29) is 24.1 Å². The third-order valence-corrected chi connectivity index (χ3v) is 4.23. The highest BCUT2D eigenvalue weighted by atomic mass is 79.9. The molecule has 4 nitrogen and oxygen atoms in total. The molecular formula is C17H15BrFNO3. The average Bonchev–Trinajstić information content (AvgIpc) is 2.56. The van der Waals surface area contributed by atoms with Crippen molar-refractivity contribution in [2.24, 2.45) is 5.92 Å². The van der Waals surface area contributed by atoms with Gasteiger partial charge < -0.3 is 14.8 Å². The molecule has 1 aliphatic heterocycles. The van der Waals surface area contributed by atoms with Crippen LogP contribution in [0, 0.1) is 11.7 Å². The van der Waals surface area contributed by atoms with Crippen molar-refractivity contribution < 1.29 is 18.7 Å². The van der Waals surface area contributed by atoms with Crippen molar-refractivity contribution in [2.75, 3.05) is 19.0 Å². The lowest BCUT2D eigenvalue weighted by atomic mass is 9.95. The topological polar surface area (TPSA) is 47.6 Å². The highest BCUT2D eigenvalue weighted by molar-refractivity contribution is 9.10. The molecule has 1 atom stereocenters. The Morgan fingerprint density at radius 3 is 2.91 bits per heavy atom. The maximum atomic E-state index is 13.8. The Kier molecular flexibility index (Phi) is 4.52. The molecule has 0 radical (unpaired) electrons. The molecule has 3 rings (SSSR count). The second kappa shape index (κ2) is 6.58. The molecule has 2 aromatic rings. The molecule has 0 bridgehead atoms. The first-order valence-corrected chi connectivity index (χ1v) is 7.92. The highest BCUT2D eigenvalue weighted by Gasteiger charge is 2.27. The number of ether oxygens (including phenoxy) is 2. The summed E-state index contributed by atoms with van der Waals surface area (Å²) in [5.41, 5.74) is 1.07. The molecule has 1 heterocycles. The number of rotatable bonds is 3. The number of methoxy groups -OCH3 is 1. The number of carbonyl (C=O) groups is 1. The Balaban J connectivity index is 1.73. The highest BCUT2D eigenvalue weighted by Crippen LogP contribution is 2.31. The Hall–Kier alpha value is -2.08. The zero-order valence-corrected chi connectivity index (χ0v) is 14.0. The smallest absolute Gasteiger partial charge is 0.231 e. The number of anilines is 1. The third-order valence-electron chi connectivity index (χ3n) is 3.73. The van der Waals surface area contributed by atoms with Gasteiger partial charge in [-0.3, -0.25) is 4.79 Å². The lowest BCUT2D eigenvalue weighted by molar-refractivity contribution is -0.121. The van der Waals surface area contributed by atoms with Crippen molar-refractivity contribution in [3.05, 3.63) is 52.3 Å². The minimum atomic E-state index is -0.480. The summed E-state index contributed by atoms with van der Waals surface area (Å²) in [6, 6.07) is 10.0. The number of amides is 1. The zero-order valence-electron chi connectivity index (χ0n) is 12.4. The standard InChI is InChI=1S/C17H15BrFNO3/c1-22-13-3-5-16-10(7-13)6-11(9-23-16)17(21)20-15-4-2-12(18)8-14(15)19/h2-5,7-8,11H,6,9H2,1H3,(H,20,21)/t11-/m0/s1. The van der Waals surface area contributed by atoms with Gasteiger partial charge in [0, 0.05) is 4.47 Å². The first kappa shape index (κ1) is 15.8. The second-order valence-corrected chi connectivity index (χ2v) is 6.21. The van der Waals surface area contributed by atoms with Crippen LogP contribution in [0.5, 0.6) is 11.5 Å². The summed E-state index contributed by atoms with van der Waals surface area (Å²) in [5.74, 6) is 0.348. The Bertz CT molecular complexity index is 751. The third kappa shape index (κ3) is 3.47. The molecule has 0 aromatic heterocycles. The van der Waals surface area contributed by atoms with Gasteiger partial charge in [-0.05, 0) is 48.4 Å². The summed E-state index contributed by atoms with van der Waals surface area (Å²) < 4.78 is 25.3. The first-order chi connectivity index (χ1) is 11.1. The molecular weight excluding hydrogens is 365 g/mol. The average molecular weight is 380 g/mol. The summed E-state index contributed by atoms with van der Waals surface area (Å²) >= 11 is 3.19. The number of benzene rings is 2. The number of hydrogen-bond donors (Lipinski definition) is 1. The quantitative estimate of drug-likeness (QED) is 0.882. The summed E-state index contributed by atoms with van der Waals surface area (Å²) in [4.78, 5) is 12.4. The van der Waals surface area contributed by atoms with Gasteiger partial charge in [0.15, 0.2) is 0 Å². The van der Waals surface area contributed by atoms with Gasteiger partial charge in [0.05, 0.1) is 18.7 Å². The van der Waals surface area contributed by atoms with Crippen LogP contribution in [0.15, 0.2) is 40.9 Å². The molecule has 0 saturated heterocycles. The fraction of sp³-hybridized carbons (Fsp3) is 0.235. The van der Waals surface area contributed by atoms with E-state index in [0.717, 1.165) is 11.3 Å². The van der Waals surface area contributed by atoms with E-state index in [1.54, 1.807) is 13.2 Å². The Morgan fingerprint density at radius 1 is 1.35 bits per heavy atom. The van der Waals surface area contributed by atoms with Crippen LogP contribution in [0.4, 0.5) is 10.1 Å². The van der Waals surface area contributed by atoms with Crippen LogP contribution in [0.1, 0.15) is 5.56 Å². The van der Waals surface area contributed by atoms with Crippen molar-refractivity contribution in [2.45, 2.75) is 6.42 Å². The monoisotopic (exact) mass is 379 g/mol. The van der Waals surface area contributed by atoms with E-state index < -0.39 is 5.82 Å². The summed E-state index contributed by atoms with van der Waals surface area (Å²) in [5, 5.41) is 2.62. The fourth-order valence-electron chi connectivity index (χ4n) is 2.49. The van der Waals surface area contributed by atoms with E-state index in [2.05, 4.69) is 21.2 Å². The number of nitrogens with one attached hydrogen (secondary N) is 1. The van der Waals surface area contributed by atoms with Crippen LogP contribution in [0.2, 0.25) is 0 Å². The zero-order chi connectivity index (χ0) is 16.4. The lowest BCUT2D eigenvalue weighted by Gasteiger charge is -2.25. The van der Waals surface area contributed by atoms with Gasteiger partial charge in [-0.1, -0.05) is 15.9 Å². The second-order valence-electron chi connectivity index (χ2n) is 5.30. The summed E-state index contributed by atoms with van der Waals surface area (Å²) in [6.45, 7) is 0.267. The molecule has 2 aromatic carbocycles. The number of fused-ring (bicyclic) bond motifs is 1. The van der Waals surface area contributed by atoms with Crippen LogP contribution < -0.4 is 14.8 Å². The lowest BCUT2D eigenvalue weighted by Crippen LogP contribution is -2.32. The van der Waals surface area contributed by atoms with Gasteiger partial charge >= 0.3 is 0 Å². The van der Waals surface area contributed by atoms with E-state index in [9.17, 15) is 9.18 Å². The van der Waals surface area contributed by atoms with Gasteiger partial charge in [-0.2, -0.15) is 0 Å². The van der Waals surface area contributed by atoms with Gasteiger partial charge in [0.2, 0.25) is 5.91 Å². The number of halogens is 2. The van der Waals surface area contributed by atoms with E-state index in [4.69, 9.17) is 9.47 Å². The maximum absolute atomic E-state index is 13.8. The van der Waals surface area contributed by atoms with Gasteiger partial charge in [-0.15, -0.1) is 0 Å². The minimum Gasteiger partial charge on any atom is -0.497 e. The molecule has 6 heteroatoms. The summed E-state index contributed by atoms with van der Waals surface area (Å²) in [7, 11) is 1.59. The SMILES string of the molecule is COc1ccc2c(c1)C[C@H](C(=O)Nc1ccc(Br)cc1F)CO2. The van der Waals surface area contributed by atoms with Crippen LogP contribution in [0.3, 0.4) is 0 Å². The van der Waals surface area contributed by atoms with Crippen LogP contribution in [0.25, 0.3) is 0 Å². The van der Waals surface area contributed by atoms with Crippen molar-refractivity contribution in [1.29, 1.82) is 0 Å². The number of hydrogen-bond acceptors (Lipinski definition) is 3. The molecule has 23 heavy (non-hydrogen) atoms. The normalized spacial score (nSPS) is 16.2. The molecule has 120 valence electrons. The van der Waals surface area contributed by atoms with Crippen molar-refractivity contribution in [3.63, 3.8) is 0 Å². The molecule has 0 unspecified atom stereocenters. The van der Waals surface area contributed by atoms with Gasteiger partial charge in [0.1, 0.15) is 23.9 Å². The molecule has 0 saturated carbocycles. The summed E-state index contributed by atoms with van der Waals surface area (Å²) in [6.07, 6.45) is 0.524. The predicted molar refractivity (Wildman–Crippen MR) is 88.4 cm³/mol. The van der Waals surface area contributed by atoms with E-state index >= 15 is 0 Å². The fourth-order valence-corrected chi connectivity index (χ4v) is 2.83. The van der Waals surface area contributed by atoms with Crippen molar-refractivity contribution in [1.82, 2.24) is 0 Å². The number of carbonyl (C=O) groups excluding carboxylic acids is 1. The van der Waals surface area contributed by atoms with Gasteiger partial charge in [0.25, 0.3) is 0 Å². The maximum Gasteiger partial charge on any atom is 0.231 e. The Morgan fingerprint density at radius 2 is 2.17 bits per heavy atom. The molecule has 0 fully saturated rings. The molecule has 1 aliphatic rings. The first-order valence-electron chi connectivity index (χ1n) is 7.12. The molecule has 0 spiro atoms. The minimum absolute atomic E-state index is 0.162. The van der Waals surface area contributed by atoms with E-state index in [1.807, 2.05) is 18.2 Å². The molecule has 0 aliphatic carbocycles.